The van der Waals surface area contributed by atoms with Crippen molar-refractivity contribution in [1.29, 1.82) is 0 Å². The minimum atomic E-state index is -3.31. The Morgan fingerprint density at radius 3 is 2.29 bits per heavy atom. The van der Waals surface area contributed by atoms with Gasteiger partial charge in [0.25, 0.3) is 0 Å². The number of hydrogen-bond donors (Lipinski definition) is 0. The SMILES string of the molecule is O=S(=O)(Cl)C1(CCCC2CCC2)CC1. The van der Waals surface area contributed by atoms with E-state index in [1.54, 1.807) is 0 Å². The Hall–Kier alpha value is 0.240. The first-order valence-corrected chi connectivity index (χ1v) is 7.79. The molecule has 0 saturated heterocycles. The van der Waals surface area contributed by atoms with E-state index in [9.17, 15) is 8.42 Å². The molecular formula is C10H17ClO2S. The van der Waals surface area contributed by atoms with Crippen LogP contribution in [0.2, 0.25) is 0 Å². The van der Waals surface area contributed by atoms with Gasteiger partial charge in [0.1, 0.15) is 0 Å². The smallest absolute Gasteiger partial charge is 0.212 e. The molecule has 2 nitrogen and oxygen atoms in total. The van der Waals surface area contributed by atoms with Crippen molar-refractivity contribution in [3.63, 3.8) is 0 Å². The first-order valence-electron chi connectivity index (χ1n) is 5.48. The highest BCUT2D eigenvalue weighted by molar-refractivity contribution is 8.15. The Morgan fingerprint density at radius 1 is 1.29 bits per heavy atom. The summed E-state index contributed by atoms with van der Waals surface area (Å²) in [4.78, 5) is 0. The van der Waals surface area contributed by atoms with E-state index >= 15 is 0 Å². The van der Waals surface area contributed by atoms with E-state index in [0.717, 1.165) is 31.6 Å². The number of halogens is 1. The topological polar surface area (TPSA) is 34.1 Å². The molecule has 0 atom stereocenters. The summed E-state index contributed by atoms with van der Waals surface area (Å²) in [5.41, 5.74) is 0. The lowest BCUT2D eigenvalue weighted by Crippen LogP contribution is -2.19. The number of rotatable bonds is 5. The normalized spacial score (nSPS) is 25.8. The summed E-state index contributed by atoms with van der Waals surface area (Å²) < 4.78 is 22.0. The molecule has 0 unspecified atom stereocenters. The van der Waals surface area contributed by atoms with E-state index in [4.69, 9.17) is 10.7 Å². The van der Waals surface area contributed by atoms with Crippen molar-refractivity contribution in [2.24, 2.45) is 5.92 Å². The summed E-state index contributed by atoms with van der Waals surface area (Å²) in [7, 11) is 2.12. The highest BCUT2D eigenvalue weighted by Gasteiger charge is 2.52. The molecule has 0 aromatic heterocycles. The van der Waals surface area contributed by atoms with E-state index < -0.39 is 13.8 Å². The fraction of sp³-hybridized carbons (Fsp3) is 1.00. The van der Waals surface area contributed by atoms with Gasteiger partial charge in [-0.2, -0.15) is 0 Å². The molecule has 2 saturated carbocycles. The molecule has 0 bridgehead atoms. The average Bonchev–Trinajstić information content (AvgIpc) is 2.73. The molecule has 0 aliphatic heterocycles. The minimum Gasteiger partial charge on any atom is -0.212 e. The Balaban J connectivity index is 1.74. The molecule has 0 aromatic carbocycles. The van der Waals surface area contributed by atoms with Gasteiger partial charge in [0.2, 0.25) is 9.05 Å². The van der Waals surface area contributed by atoms with Crippen LogP contribution in [-0.2, 0) is 9.05 Å². The molecule has 14 heavy (non-hydrogen) atoms. The maximum Gasteiger partial charge on any atom is 0.238 e. The van der Waals surface area contributed by atoms with Gasteiger partial charge in [0.05, 0.1) is 4.75 Å². The Labute approximate surface area is 90.4 Å². The predicted molar refractivity (Wildman–Crippen MR) is 57.9 cm³/mol. The van der Waals surface area contributed by atoms with Crippen LogP contribution in [0, 0.1) is 5.92 Å². The van der Waals surface area contributed by atoms with Crippen LogP contribution in [0.1, 0.15) is 51.4 Å². The zero-order chi connectivity index (χ0) is 10.2. The standard InChI is InChI=1S/C10H17ClO2S/c11-14(12,13)10(7-8-10)6-2-5-9-3-1-4-9/h9H,1-8H2. The molecular weight excluding hydrogens is 220 g/mol. The molecule has 0 spiro atoms. The molecule has 2 rings (SSSR count). The highest BCUT2D eigenvalue weighted by atomic mass is 35.7. The third-order valence-corrected chi connectivity index (χ3v) is 6.42. The molecule has 0 amide bonds. The van der Waals surface area contributed by atoms with Gasteiger partial charge in [-0.25, -0.2) is 8.42 Å². The summed E-state index contributed by atoms with van der Waals surface area (Å²) >= 11 is 0. The molecule has 82 valence electrons. The van der Waals surface area contributed by atoms with E-state index in [2.05, 4.69) is 0 Å². The van der Waals surface area contributed by atoms with Gasteiger partial charge >= 0.3 is 0 Å². The van der Waals surface area contributed by atoms with Crippen molar-refractivity contribution in [2.45, 2.75) is 56.1 Å². The van der Waals surface area contributed by atoms with Crippen molar-refractivity contribution in [1.82, 2.24) is 0 Å². The van der Waals surface area contributed by atoms with Crippen molar-refractivity contribution >= 4 is 19.7 Å². The minimum absolute atomic E-state index is 0.516. The summed E-state index contributed by atoms with van der Waals surface area (Å²) in [6.07, 6.45) is 8.65. The van der Waals surface area contributed by atoms with Gasteiger partial charge in [-0.15, -0.1) is 0 Å². The van der Waals surface area contributed by atoms with Gasteiger partial charge < -0.3 is 0 Å². The molecule has 2 aliphatic carbocycles. The first kappa shape index (κ1) is 10.7. The Kier molecular flexibility index (Phi) is 2.82. The molecule has 0 heterocycles. The lowest BCUT2D eigenvalue weighted by molar-refractivity contribution is 0.286. The quantitative estimate of drug-likeness (QED) is 0.688. The van der Waals surface area contributed by atoms with E-state index in [1.165, 1.54) is 25.7 Å². The third kappa shape index (κ3) is 2.08. The van der Waals surface area contributed by atoms with Crippen molar-refractivity contribution in [3.8, 4) is 0 Å². The van der Waals surface area contributed by atoms with Crippen LogP contribution in [0.15, 0.2) is 0 Å². The second-order valence-corrected chi connectivity index (χ2v) is 7.77. The largest absolute Gasteiger partial charge is 0.238 e. The van der Waals surface area contributed by atoms with Gasteiger partial charge in [-0.1, -0.05) is 32.1 Å². The van der Waals surface area contributed by atoms with E-state index in [1.807, 2.05) is 0 Å². The monoisotopic (exact) mass is 236 g/mol. The van der Waals surface area contributed by atoms with Gasteiger partial charge in [0, 0.05) is 10.7 Å². The molecule has 4 heteroatoms. The second kappa shape index (κ2) is 3.67. The summed E-state index contributed by atoms with van der Waals surface area (Å²) in [5, 5.41) is 0. The van der Waals surface area contributed by atoms with Crippen LogP contribution in [0.4, 0.5) is 0 Å². The lowest BCUT2D eigenvalue weighted by atomic mass is 9.81. The third-order valence-electron chi connectivity index (χ3n) is 3.79. The zero-order valence-electron chi connectivity index (χ0n) is 8.34. The molecule has 2 fully saturated rings. The highest BCUT2D eigenvalue weighted by Crippen LogP contribution is 2.49. The van der Waals surface area contributed by atoms with Crippen LogP contribution in [0.25, 0.3) is 0 Å². The van der Waals surface area contributed by atoms with Crippen molar-refractivity contribution < 1.29 is 8.42 Å². The van der Waals surface area contributed by atoms with Gasteiger partial charge in [-0.3, -0.25) is 0 Å². The van der Waals surface area contributed by atoms with Crippen LogP contribution >= 0.6 is 10.7 Å². The number of hydrogen-bond acceptors (Lipinski definition) is 2. The van der Waals surface area contributed by atoms with Crippen molar-refractivity contribution in [3.05, 3.63) is 0 Å². The fourth-order valence-electron chi connectivity index (χ4n) is 2.25. The lowest BCUT2D eigenvalue weighted by Gasteiger charge is -2.25. The molecule has 0 aromatic rings. The van der Waals surface area contributed by atoms with E-state index in [0.29, 0.717) is 0 Å². The first-order chi connectivity index (χ1) is 6.54. The summed E-state index contributed by atoms with van der Waals surface area (Å²) in [6.45, 7) is 0. The van der Waals surface area contributed by atoms with Gasteiger partial charge in [-0.05, 0) is 25.2 Å². The molecule has 2 aliphatic rings. The van der Waals surface area contributed by atoms with Crippen LogP contribution < -0.4 is 0 Å². The second-order valence-electron chi connectivity index (χ2n) is 4.81. The summed E-state index contributed by atoms with van der Waals surface area (Å²) in [6, 6.07) is 0. The van der Waals surface area contributed by atoms with E-state index in [-0.39, 0.29) is 0 Å². The average molecular weight is 237 g/mol. The maximum atomic E-state index is 11.2. The predicted octanol–water partition coefficient (Wildman–Crippen LogP) is 3.06. The van der Waals surface area contributed by atoms with Crippen LogP contribution in [0.5, 0.6) is 0 Å². The molecule has 0 N–H and O–H groups in total. The zero-order valence-corrected chi connectivity index (χ0v) is 9.91. The summed E-state index contributed by atoms with van der Waals surface area (Å²) in [5.74, 6) is 0.879. The Morgan fingerprint density at radius 2 is 1.93 bits per heavy atom. The maximum absolute atomic E-state index is 11.2. The van der Waals surface area contributed by atoms with Crippen LogP contribution in [0.3, 0.4) is 0 Å². The van der Waals surface area contributed by atoms with Gasteiger partial charge in [0.15, 0.2) is 0 Å². The van der Waals surface area contributed by atoms with Crippen LogP contribution in [-0.4, -0.2) is 13.2 Å². The van der Waals surface area contributed by atoms with Crippen molar-refractivity contribution in [2.75, 3.05) is 0 Å². The Bertz CT molecular complexity index is 302. The fourth-order valence-corrected chi connectivity index (χ4v) is 3.92. The molecule has 0 radical (unpaired) electrons.